The summed E-state index contributed by atoms with van der Waals surface area (Å²) in [6.45, 7) is 5.75. The molecule has 17 heavy (non-hydrogen) atoms. The van der Waals surface area contributed by atoms with Crippen LogP contribution in [0.3, 0.4) is 0 Å². The number of carbonyl (C=O) groups is 1. The lowest BCUT2D eigenvalue weighted by Crippen LogP contribution is -2.30. The van der Waals surface area contributed by atoms with Gasteiger partial charge in [-0.05, 0) is 20.8 Å². The van der Waals surface area contributed by atoms with Crippen molar-refractivity contribution in [2.24, 2.45) is 7.05 Å². The second-order valence-electron chi connectivity index (χ2n) is 3.72. The largest absolute Gasteiger partial charge is 0.486 e. The van der Waals surface area contributed by atoms with Gasteiger partial charge in [0.25, 0.3) is 0 Å². The van der Waals surface area contributed by atoms with Gasteiger partial charge in [-0.1, -0.05) is 0 Å². The van der Waals surface area contributed by atoms with Crippen LogP contribution in [-0.4, -0.2) is 40.2 Å². The summed E-state index contributed by atoms with van der Waals surface area (Å²) in [4.78, 5) is 10.9. The van der Waals surface area contributed by atoms with Gasteiger partial charge >= 0.3 is 5.97 Å². The highest BCUT2D eigenvalue weighted by Crippen LogP contribution is 2.21. The molecule has 6 heteroatoms. The van der Waals surface area contributed by atoms with Crippen LogP contribution in [0.15, 0.2) is 0 Å². The number of ether oxygens (including phenoxy) is 2. The molecule has 1 atom stereocenters. The van der Waals surface area contributed by atoms with Gasteiger partial charge in [-0.15, -0.1) is 0 Å². The minimum Gasteiger partial charge on any atom is -0.486 e. The summed E-state index contributed by atoms with van der Waals surface area (Å²) in [5.41, 5.74) is 1.61. The molecule has 96 valence electrons. The molecule has 6 nitrogen and oxygen atoms in total. The number of carboxylic acid groups (broad SMARTS) is 1. The van der Waals surface area contributed by atoms with Crippen LogP contribution in [0.1, 0.15) is 18.3 Å². The standard InChI is InChI=1S/C11H18N2O4/c1-5-16-9(11(14)15)6-17-10-7(2)12-13(4)8(10)3/h9H,5-6H2,1-4H3,(H,14,15). The highest BCUT2D eigenvalue weighted by molar-refractivity contribution is 5.72. The molecule has 0 amide bonds. The van der Waals surface area contributed by atoms with E-state index in [0.717, 1.165) is 11.4 Å². The maximum atomic E-state index is 10.9. The Hall–Kier alpha value is -1.56. The number of aromatic nitrogens is 2. The zero-order valence-corrected chi connectivity index (χ0v) is 10.6. The lowest BCUT2D eigenvalue weighted by molar-refractivity contribution is -0.152. The topological polar surface area (TPSA) is 73.6 Å². The van der Waals surface area contributed by atoms with E-state index in [-0.39, 0.29) is 6.61 Å². The van der Waals surface area contributed by atoms with Crippen molar-refractivity contribution in [2.45, 2.75) is 26.9 Å². The average Bonchev–Trinajstić information content (AvgIpc) is 2.49. The van der Waals surface area contributed by atoms with Crippen LogP contribution in [-0.2, 0) is 16.6 Å². The van der Waals surface area contributed by atoms with Crippen LogP contribution in [0.4, 0.5) is 0 Å². The summed E-state index contributed by atoms with van der Waals surface area (Å²) < 4.78 is 12.2. The molecule has 0 radical (unpaired) electrons. The Morgan fingerprint density at radius 2 is 2.18 bits per heavy atom. The lowest BCUT2D eigenvalue weighted by Gasteiger charge is -2.13. The van der Waals surface area contributed by atoms with Crippen molar-refractivity contribution < 1.29 is 19.4 Å². The molecule has 0 aliphatic heterocycles. The van der Waals surface area contributed by atoms with Gasteiger partial charge in [-0.2, -0.15) is 5.10 Å². The normalized spacial score (nSPS) is 12.5. The van der Waals surface area contributed by atoms with E-state index in [1.807, 2.05) is 20.9 Å². The predicted octanol–water partition coefficient (Wildman–Crippen LogP) is 0.905. The van der Waals surface area contributed by atoms with E-state index in [0.29, 0.717) is 12.4 Å². The minimum absolute atomic E-state index is 0.0173. The Bertz CT molecular complexity index is 400. The Morgan fingerprint density at radius 1 is 1.53 bits per heavy atom. The maximum absolute atomic E-state index is 10.9. The Morgan fingerprint density at radius 3 is 2.59 bits per heavy atom. The van der Waals surface area contributed by atoms with Gasteiger partial charge in [-0.25, -0.2) is 4.79 Å². The van der Waals surface area contributed by atoms with E-state index in [2.05, 4.69) is 5.10 Å². The van der Waals surface area contributed by atoms with Crippen LogP contribution < -0.4 is 4.74 Å². The molecular formula is C11H18N2O4. The smallest absolute Gasteiger partial charge is 0.336 e. The van der Waals surface area contributed by atoms with Crippen LogP contribution in [0.2, 0.25) is 0 Å². The van der Waals surface area contributed by atoms with E-state index in [4.69, 9.17) is 14.6 Å². The van der Waals surface area contributed by atoms with Gasteiger partial charge in [0, 0.05) is 13.7 Å². The summed E-state index contributed by atoms with van der Waals surface area (Å²) in [6.07, 6.45) is -0.945. The van der Waals surface area contributed by atoms with Crippen molar-refractivity contribution in [3.63, 3.8) is 0 Å². The lowest BCUT2D eigenvalue weighted by atomic mass is 10.3. The van der Waals surface area contributed by atoms with Gasteiger partial charge < -0.3 is 14.6 Å². The van der Waals surface area contributed by atoms with Gasteiger partial charge in [0.1, 0.15) is 12.3 Å². The van der Waals surface area contributed by atoms with Gasteiger partial charge in [-0.3, -0.25) is 4.68 Å². The zero-order valence-electron chi connectivity index (χ0n) is 10.6. The molecule has 1 unspecified atom stereocenters. The fourth-order valence-electron chi connectivity index (χ4n) is 1.51. The van der Waals surface area contributed by atoms with Crippen LogP contribution in [0.5, 0.6) is 5.75 Å². The van der Waals surface area contributed by atoms with Crippen LogP contribution in [0, 0.1) is 13.8 Å². The monoisotopic (exact) mass is 242 g/mol. The summed E-state index contributed by atoms with van der Waals surface area (Å²) >= 11 is 0. The molecule has 0 fully saturated rings. The van der Waals surface area contributed by atoms with E-state index in [9.17, 15) is 4.79 Å². The second kappa shape index (κ2) is 5.67. The van der Waals surface area contributed by atoms with Gasteiger partial charge in [0.15, 0.2) is 11.9 Å². The molecule has 0 saturated carbocycles. The van der Waals surface area contributed by atoms with Crippen molar-refractivity contribution in [3.05, 3.63) is 11.4 Å². The van der Waals surface area contributed by atoms with Crippen molar-refractivity contribution in [2.75, 3.05) is 13.2 Å². The molecular weight excluding hydrogens is 224 g/mol. The van der Waals surface area contributed by atoms with Crippen LogP contribution in [0.25, 0.3) is 0 Å². The van der Waals surface area contributed by atoms with Crippen molar-refractivity contribution in [1.29, 1.82) is 0 Å². The highest BCUT2D eigenvalue weighted by atomic mass is 16.5. The molecule has 1 N–H and O–H groups in total. The number of nitrogens with zero attached hydrogens (tertiary/aromatic N) is 2. The molecule has 0 aliphatic carbocycles. The molecule has 1 aromatic rings. The first-order valence-electron chi connectivity index (χ1n) is 5.44. The fourth-order valence-corrected chi connectivity index (χ4v) is 1.51. The first kappa shape index (κ1) is 13.5. The third-order valence-corrected chi connectivity index (χ3v) is 2.46. The third-order valence-electron chi connectivity index (χ3n) is 2.46. The fraction of sp³-hybridized carbons (Fsp3) is 0.636. The highest BCUT2D eigenvalue weighted by Gasteiger charge is 2.20. The first-order chi connectivity index (χ1) is 7.97. The van der Waals surface area contributed by atoms with E-state index in [1.165, 1.54) is 0 Å². The number of aryl methyl sites for hydroxylation is 2. The molecule has 1 heterocycles. The van der Waals surface area contributed by atoms with Crippen molar-refractivity contribution >= 4 is 5.97 Å². The van der Waals surface area contributed by atoms with Gasteiger partial charge in [0.05, 0.1) is 5.69 Å². The summed E-state index contributed by atoms with van der Waals surface area (Å²) in [7, 11) is 1.81. The quantitative estimate of drug-likeness (QED) is 0.802. The Kier molecular flexibility index (Phi) is 4.51. The second-order valence-corrected chi connectivity index (χ2v) is 3.72. The summed E-state index contributed by atoms with van der Waals surface area (Å²) in [6, 6.07) is 0. The van der Waals surface area contributed by atoms with E-state index in [1.54, 1.807) is 11.6 Å². The molecule has 0 bridgehead atoms. The molecule has 1 aromatic heterocycles. The van der Waals surface area contributed by atoms with Crippen LogP contribution >= 0.6 is 0 Å². The Balaban J connectivity index is 2.68. The summed E-state index contributed by atoms with van der Waals surface area (Å²) in [5.74, 6) is -0.399. The predicted molar refractivity (Wildman–Crippen MR) is 61.2 cm³/mol. The number of hydrogen-bond acceptors (Lipinski definition) is 4. The number of hydrogen-bond donors (Lipinski definition) is 1. The molecule has 1 rings (SSSR count). The van der Waals surface area contributed by atoms with Crippen molar-refractivity contribution in [1.82, 2.24) is 9.78 Å². The summed E-state index contributed by atoms with van der Waals surface area (Å²) in [5, 5.41) is 13.1. The third kappa shape index (κ3) is 3.20. The molecule has 0 aliphatic rings. The van der Waals surface area contributed by atoms with Crippen molar-refractivity contribution in [3.8, 4) is 5.75 Å². The number of carboxylic acids is 1. The maximum Gasteiger partial charge on any atom is 0.336 e. The zero-order chi connectivity index (χ0) is 13.0. The number of aliphatic carboxylic acids is 1. The Labute approximate surface area is 100 Å². The first-order valence-corrected chi connectivity index (χ1v) is 5.44. The molecule has 0 saturated heterocycles. The number of rotatable bonds is 6. The van der Waals surface area contributed by atoms with E-state index < -0.39 is 12.1 Å². The molecule has 0 aromatic carbocycles. The average molecular weight is 242 g/mol. The van der Waals surface area contributed by atoms with E-state index >= 15 is 0 Å². The van der Waals surface area contributed by atoms with Gasteiger partial charge in [0.2, 0.25) is 0 Å². The SMILES string of the molecule is CCOC(COc1c(C)nn(C)c1C)C(=O)O. The minimum atomic E-state index is -1.02. The molecule has 0 spiro atoms.